The number of carbonyl (C=O) groups is 2. The number of ether oxygens (including phenoxy) is 2. The quantitative estimate of drug-likeness (QED) is 0.667. The number of carbonyl (C=O) groups excluding carboxylic acids is 2. The van der Waals surface area contributed by atoms with E-state index in [0.29, 0.717) is 12.2 Å². The zero-order valence-corrected chi connectivity index (χ0v) is 13.1. The fraction of sp³-hybridized carbons (Fsp3) is 0.500. The van der Waals surface area contributed by atoms with Gasteiger partial charge in [0.1, 0.15) is 5.60 Å². The smallest absolute Gasteiger partial charge is 0.340 e. The van der Waals surface area contributed by atoms with Gasteiger partial charge in [-0.15, -0.1) is 0 Å². The molecule has 0 heterocycles. The van der Waals surface area contributed by atoms with Gasteiger partial charge in [-0.1, -0.05) is 19.1 Å². The van der Waals surface area contributed by atoms with Crippen LogP contribution in [0.15, 0.2) is 18.2 Å². The summed E-state index contributed by atoms with van der Waals surface area (Å²) in [6.45, 7) is 7.65. The number of nitrogens with two attached hydrogens (primary N) is 1. The Morgan fingerprint density at radius 3 is 2.48 bits per heavy atom. The molecule has 0 radical (unpaired) electrons. The first-order valence-corrected chi connectivity index (χ1v) is 7.01. The van der Waals surface area contributed by atoms with Crippen LogP contribution in [0.3, 0.4) is 0 Å². The highest BCUT2D eigenvalue weighted by molar-refractivity contribution is 5.96. The van der Waals surface area contributed by atoms with Crippen LogP contribution in [0.1, 0.15) is 50.0 Å². The van der Waals surface area contributed by atoms with Crippen LogP contribution in [0.25, 0.3) is 0 Å². The van der Waals surface area contributed by atoms with Gasteiger partial charge in [0.15, 0.2) is 0 Å². The second kappa shape index (κ2) is 7.11. The van der Waals surface area contributed by atoms with Crippen molar-refractivity contribution >= 4 is 17.6 Å². The molecule has 0 aliphatic carbocycles. The molecular weight excluding hydrogens is 270 g/mol. The third kappa shape index (κ3) is 5.45. The zero-order chi connectivity index (χ0) is 16.0. The standard InChI is InChI=1S/C16H23NO4/c1-5-9-20-15(19)12-8-6-7-11(14(12)17)10-13(18)21-16(2,3)4/h6-8H,5,9-10,17H2,1-4H3. The Hall–Kier alpha value is -2.04. The second-order valence-electron chi connectivity index (χ2n) is 5.78. The van der Waals surface area contributed by atoms with Crippen molar-refractivity contribution in [1.29, 1.82) is 0 Å². The number of hydrogen-bond donors (Lipinski definition) is 1. The highest BCUT2D eigenvalue weighted by Crippen LogP contribution is 2.20. The summed E-state index contributed by atoms with van der Waals surface area (Å²) < 4.78 is 10.3. The third-order valence-electron chi connectivity index (χ3n) is 2.61. The highest BCUT2D eigenvalue weighted by Gasteiger charge is 2.19. The van der Waals surface area contributed by atoms with E-state index in [-0.39, 0.29) is 23.6 Å². The van der Waals surface area contributed by atoms with Gasteiger partial charge >= 0.3 is 11.9 Å². The molecule has 0 fully saturated rings. The largest absolute Gasteiger partial charge is 0.462 e. The number of para-hydroxylation sites is 1. The highest BCUT2D eigenvalue weighted by atomic mass is 16.6. The lowest BCUT2D eigenvalue weighted by molar-refractivity contribution is -0.153. The molecule has 2 N–H and O–H groups in total. The van der Waals surface area contributed by atoms with Gasteiger partial charge in [-0.05, 0) is 38.8 Å². The molecule has 0 aromatic heterocycles. The average molecular weight is 293 g/mol. The molecule has 0 saturated heterocycles. The summed E-state index contributed by atoms with van der Waals surface area (Å²) in [5, 5.41) is 0. The fourth-order valence-corrected chi connectivity index (χ4v) is 1.75. The molecule has 0 unspecified atom stereocenters. The van der Waals surface area contributed by atoms with Gasteiger partial charge in [-0.3, -0.25) is 4.79 Å². The topological polar surface area (TPSA) is 78.6 Å². The molecule has 5 nitrogen and oxygen atoms in total. The summed E-state index contributed by atoms with van der Waals surface area (Å²) in [6.07, 6.45) is 0.765. The summed E-state index contributed by atoms with van der Waals surface area (Å²) >= 11 is 0. The van der Waals surface area contributed by atoms with E-state index in [4.69, 9.17) is 15.2 Å². The number of rotatable bonds is 5. The monoisotopic (exact) mass is 293 g/mol. The lowest BCUT2D eigenvalue weighted by atomic mass is 10.0. The van der Waals surface area contributed by atoms with E-state index in [1.54, 1.807) is 39.0 Å². The van der Waals surface area contributed by atoms with Crippen LogP contribution in [0.4, 0.5) is 5.69 Å². The maximum Gasteiger partial charge on any atom is 0.340 e. The summed E-state index contributed by atoms with van der Waals surface area (Å²) in [5.74, 6) is -0.853. The molecular formula is C16H23NO4. The van der Waals surface area contributed by atoms with Gasteiger partial charge in [0.25, 0.3) is 0 Å². The summed E-state index contributed by atoms with van der Waals surface area (Å²) in [4.78, 5) is 23.7. The predicted octanol–water partition coefficient (Wildman–Crippen LogP) is 2.72. The van der Waals surface area contributed by atoms with Crippen molar-refractivity contribution in [3.05, 3.63) is 29.3 Å². The summed E-state index contributed by atoms with van der Waals surface area (Å²) in [5.41, 5.74) is 6.52. The minimum atomic E-state index is -0.552. The predicted molar refractivity (Wildman–Crippen MR) is 81.0 cm³/mol. The van der Waals surface area contributed by atoms with Crippen LogP contribution in [-0.2, 0) is 20.7 Å². The van der Waals surface area contributed by atoms with Gasteiger partial charge < -0.3 is 15.2 Å². The Bertz CT molecular complexity index is 517. The Morgan fingerprint density at radius 1 is 1.24 bits per heavy atom. The van der Waals surface area contributed by atoms with Crippen molar-refractivity contribution in [2.75, 3.05) is 12.3 Å². The van der Waals surface area contributed by atoms with E-state index in [1.165, 1.54) is 0 Å². The van der Waals surface area contributed by atoms with E-state index < -0.39 is 11.6 Å². The van der Waals surface area contributed by atoms with E-state index in [2.05, 4.69) is 0 Å². The molecule has 0 atom stereocenters. The molecule has 0 aliphatic heterocycles. The van der Waals surface area contributed by atoms with Crippen LogP contribution in [0.5, 0.6) is 0 Å². The number of esters is 2. The molecule has 21 heavy (non-hydrogen) atoms. The Kier molecular flexibility index (Phi) is 5.76. The molecule has 1 rings (SSSR count). The lowest BCUT2D eigenvalue weighted by Gasteiger charge is -2.20. The number of hydrogen-bond acceptors (Lipinski definition) is 5. The number of anilines is 1. The molecule has 0 amide bonds. The van der Waals surface area contributed by atoms with Crippen molar-refractivity contribution in [2.45, 2.75) is 46.1 Å². The van der Waals surface area contributed by atoms with Crippen LogP contribution in [0, 0.1) is 0 Å². The molecule has 0 spiro atoms. The Labute approximate surface area is 125 Å². The minimum Gasteiger partial charge on any atom is -0.462 e. The molecule has 0 aliphatic rings. The summed E-state index contributed by atoms with van der Waals surface area (Å²) in [6, 6.07) is 4.97. The van der Waals surface area contributed by atoms with Crippen molar-refractivity contribution in [3.63, 3.8) is 0 Å². The number of nitrogen functional groups attached to an aromatic ring is 1. The van der Waals surface area contributed by atoms with Crippen LogP contribution < -0.4 is 5.73 Å². The fourth-order valence-electron chi connectivity index (χ4n) is 1.75. The van der Waals surface area contributed by atoms with E-state index in [1.807, 2.05) is 6.92 Å². The molecule has 116 valence electrons. The summed E-state index contributed by atoms with van der Waals surface area (Å²) in [7, 11) is 0. The molecule has 1 aromatic rings. The first-order chi connectivity index (χ1) is 9.74. The SMILES string of the molecule is CCCOC(=O)c1cccc(CC(=O)OC(C)(C)C)c1N. The van der Waals surface area contributed by atoms with Gasteiger partial charge in [-0.25, -0.2) is 4.79 Å². The number of benzene rings is 1. The van der Waals surface area contributed by atoms with Crippen molar-refractivity contribution < 1.29 is 19.1 Å². The van der Waals surface area contributed by atoms with Gasteiger partial charge in [0.2, 0.25) is 0 Å². The second-order valence-corrected chi connectivity index (χ2v) is 5.78. The van der Waals surface area contributed by atoms with Gasteiger partial charge in [0.05, 0.1) is 18.6 Å². The minimum absolute atomic E-state index is 0.0258. The molecule has 1 aromatic carbocycles. The van der Waals surface area contributed by atoms with Crippen LogP contribution in [0.2, 0.25) is 0 Å². The lowest BCUT2D eigenvalue weighted by Crippen LogP contribution is -2.25. The van der Waals surface area contributed by atoms with Crippen molar-refractivity contribution in [3.8, 4) is 0 Å². The Balaban J connectivity index is 2.86. The maximum absolute atomic E-state index is 11.9. The van der Waals surface area contributed by atoms with E-state index in [0.717, 1.165) is 6.42 Å². The normalized spacial score (nSPS) is 11.0. The van der Waals surface area contributed by atoms with Gasteiger partial charge in [-0.2, -0.15) is 0 Å². The molecule has 0 bridgehead atoms. The third-order valence-corrected chi connectivity index (χ3v) is 2.61. The average Bonchev–Trinajstić information content (AvgIpc) is 2.36. The Morgan fingerprint density at radius 2 is 1.90 bits per heavy atom. The van der Waals surface area contributed by atoms with Crippen LogP contribution in [-0.4, -0.2) is 24.1 Å². The van der Waals surface area contributed by atoms with E-state index >= 15 is 0 Å². The van der Waals surface area contributed by atoms with Crippen LogP contribution >= 0.6 is 0 Å². The molecule has 5 heteroatoms. The van der Waals surface area contributed by atoms with Gasteiger partial charge in [0, 0.05) is 5.69 Å². The zero-order valence-electron chi connectivity index (χ0n) is 13.1. The first kappa shape index (κ1) is 17.0. The first-order valence-electron chi connectivity index (χ1n) is 7.01. The van der Waals surface area contributed by atoms with E-state index in [9.17, 15) is 9.59 Å². The van der Waals surface area contributed by atoms with Crippen molar-refractivity contribution in [1.82, 2.24) is 0 Å². The van der Waals surface area contributed by atoms with Crippen molar-refractivity contribution in [2.24, 2.45) is 0 Å². The molecule has 0 saturated carbocycles. The maximum atomic E-state index is 11.9.